The molecule has 2 fully saturated rings. The van der Waals surface area contributed by atoms with Gasteiger partial charge in [0, 0.05) is 12.7 Å². The number of urea groups is 1. The van der Waals surface area contributed by atoms with Gasteiger partial charge in [-0.05, 0) is 25.0 Å². The number of carbonyl (C=O) groups excluding carboxylic acids is 2. The predicted molar refractivity (Wildman–Crippen MR) is 79.5 cm³/mol. The molecule has 3 amide bonds. The molecule has 2 saturated heterocycles. The van der Waals surface area contributed by atoms with Gasteiger partial charge in [0.1, 0.15) is 6.04 Å². The zero-order valence-electron chi connectivity index (χ0n) is 12.5. The van der Waals surface area contributed by atoms with E-state index in [-0.39, 0.29) is 19.0 Å². The Bertz CT molecular complexity index is 740. The van der Waals surface area contributed by atoms with Crippen molar-refractivity contribution in [2.45, 2.75) is 31.5 Å². The quantitative estimate of drug-likeness (QED) is 0.693. The number of hydrogen-bond donors (Lipinski definition) is 2. The third-order valence-corrected chi connectivity index (χ3v) is 4.32. The number of aromatic nitrogens is 1. The molecule has 2 aliphatic heterocycles. The molecule has 3 heterocycles. The highest BCUT2D eigenvalue weighted by atomic mass is 32.3. The molecule has 0 aromatic carbocycles. The van der Waals surface area contributed by atoms with Crippen LogP contribution in [0.5, 0.6) is 0 Å². The third kappa shape index (κ3) is 3.47. The second-order valence-electron chi connectivity index (χ2n) is 5.55. The number of carbonyl (C=O) groups is 2. The monoisotopic (exact) mass is 356 g/mol. The number of nitrogens with zero attached hydrogens (tertiary/aromatic N) is 3. The average Bonchev–Trinajstić information content (AvgIpc) is 2.77. The maximum absolute atomic E-state index is 12.3. The Labute approximate surface area is 138 Å². The van der Waals surface area contributed by atoms with E-state index < -0.39 is 28.5 Å². The van der Waals surface area contributed by atoms with Gasteiger partial charge in [-0.2, -0.15) is 13.5 Å². The third-order valence-electron chi connectivity index (χ3n) is 3.97. The minimum absolute atomic E-state index is 0.163. The smallest absolute Gasteiger partial charge is 0.349 e. The van der Waals surface area contributed by atoms with Gasteiger partial charge in [0.05, 0.1) is 18.3 Å². The van der Waals surface area contributed by atoms with Crippen molar-refractivity contribution in [1.82, 2.24) is 20.3 Å². The van der Waals surface area contributed by atoms with Crippen LogP contribution in [0.2, 0.25) is 0 Å². The van der Waals surface area contributed by atoms with Crippen molar-refractivity contribution < 1.29 is 26.8 Å². The van der Waals surface area contributed by atoms with Crippen molar-refractivity contribution in [3.63, 3.8) is 0 Å². The molecule has 24 heavy (non-hydrogen) atoms. The van der Waals surface area contributed by atoms with Crippen LogP contribution in [0.3, 0.4) is 0 Å². The van der Waals surface area contributed by atoms with E-state index in [9.17, 15) is 18.0 Å². The molecule has 1 aromatic rings. The van der Waals surface area contributed by atoms with E-state index in [4.69, 9.17) is 4.55 Å². The number of amides is 3. The molecule has 0 aliphatic carbocycles. The fourth-order valence-corrected chi connectivity index (χ4v) is 3.29. The zero-order chi connectivity index (χ0) is 17.3. The van der Waals surface area contributed by atoms with Crippen LogP contribution in [-0.4, -0.2) is 58.5 Å². The van der Waals surface area contributed by atoms with Gasteiger partial charge in [0.2, 0.25) is 5.91 Å². The summed E-state index contributed by atoms with van der Waals surface area (Å²) in [4.78, 5) is 29.9. The second-order valence-corrected chi connectivity index (χ2v) is 6.55. The fourth-order valence-electron chi connectivity index (χ4n) is 2.90. The van der Waals surface area contributed by atoms with Gasteiger partial charge < -0.3 is 10.2 Å². The molecule has 2 bridgehead atoms. The van der Waals surface area contributed by atoms with Gasteiger partial charge in [-0.25, -0.2) is 4.79 Å². The van der Waals surface area contributed by atoms with Crippen molar-refractivity contribution >= 4 is 22.3 Å². The van der Waals surface area contributed by atoms with E-state index in [1.165, 1.54) is 4.90 Å². The Hall–Kier alpha value is -2.24. The number of piperidine rings is 1. The van der Waals surface area contributed by atoms with E-state index in [1.54, 1.807) is 24.4 Å². The van der Waals surface area contributed by atoms with E-state index >= 15 is 0 Å². The van der Waals surface area contributed by atoms with Crippen LogP contribution in [0, 0.1) is 0 Å². The minimum Gasteiger partial charge on any atom is -0.349 e. The molecular weight excluding hydrogens is 340 g/mol. The lowest BCUT2D eigenvalue weighted by atomic mass is 10.0. The normalized spacial score (nSPS) is 23.5. The van der Waals surface area contributed by atoms with Crippen LogP contribution in [-0.2, 0) is 26.0 Å². The first-order valence-electron chi connectivity index (χ1n) is 7.29. The van der Waals surface area contributed by atoms with Crippen molar-refractivity contribution in [3.8, 4) is 0 Å². The van der Waals surface area contributed by atoms with E-state index in [0.717, 1.165) is 0 Å². The first kappa shape index (κ1) is 16.6. The maximum Gasteiger partial charge on any atom is 0.418 e. The molecule has 0 spiro atoms. The molecule has 3 rings (SSSR count). The highest BCUT2D eigenvalue weighted by Crippen LogP contribution is 2.30. The molecule has 0 saturated carbocycles. The largest absolute Gasteiger partial charge is 0.418 e. The Kier molecular flexibility index (Phi) is 4.39. The van der Waals surface area contributed by atoms with E-state index in [1.807, 2.05) is 0 Å². The Morgan fingerprint density at radius 2 is 2.21 bits per heavy atom. The molecule has 2 atom stereocenters. The molecule has 0 unspecified atom stereocenters. The van der Waals surface area contributed by atoms with Crippen molar-refractivity contribution in [3.05, 3.63) is 30.1 Å². The molecule has 10 nitrogen and oxygen atoms in total. The molecular formula is C13H16N4O6S. The SMILES string of the molecule is O=C(NCc1ccccn1)[C@H]1CC[C@H]2CN1C(=O)N2OS(=O)(=O)O. The molecule has 2 N–H and O–H groups in total. The number of hydrogen-bond acceptors (Lipinski definition) is 6. The molecule has 130 valence electrons. The van der Waals surface area contributed by atoms with Crippen LogP contribution in [0.1, 0.15) is 18.5 Å². The lowest BCUT2D eigenvalue weighted by molar-refractivity contribution is -0.126. The van der Waals surface area contributed by atoms with Crippen LogP contribution < -0.4 is 5.32 Å². The molecule has 0 radical (unpaired) electrons. The molecule has 1 aromatic heterocycles. The fraction of sp³-hybridized carbons (Fsp3) is 0.462. The molecule has 2 aliphatic rings. The highest BCUT2D eigenvalue weighted by Gasteiger charge is 2.49. The number of hydroxylamine groups is 2. The lowest BCUT2D eigenvalue weighted by Crippen LogP contribution is -2.49. The van der Waals surface area contributed by atoms with E-state index in [2.05, 4.69) is 14.6 Å². The van der Waals surface area contributed by atoms with Gasteiger partial charge in [0.15, 0.2) is 0 Å². The zero-order valence-corrected chi connectivity index (χ0v) is 13.3. The van der Waals surface area contributed by atoms with Crippen molar-refractivity contribution in [2.75, 3.05) is 6.54 Å². The van der Waals surface area contributed by atoms with Crippen molar-refractivity contribution in [2.24, 2.45) is 0 Å². The van der Waals surface area contributed by atoms with Gasteiger partial charge in [0.25, 0.3) is 0 Å². The number of nitrogens with one attached hydrogen (secondary N) is 1. The summed E-state index contributed by atoms with van der Waals surface area (Å²) in [6.07, 6.45) is 2.37. The van der Waals surface area contributed by atoms with Crippen LogP contribution in [0.25, 0.3) is 0 Å². The summed E-state index contributed by atoms with van der Waals surface area (Å²) in [5, 5.41) is 3.33. The topological polar surface area (TPSA) is 129 Å². The number of rotatable bonds is 5. The summed E-state index contributed by atoms with van der Waals surface area (Å²) >= 11 is 0. The Morgan fingerprint density at radius 1 is 1.42 bits per heavy atom. The summed E-state index contributed by atoms with van der Waals surface area (Å²) in [5.74, 6) is -0.346. The lowest BCUT2D eigenvalue weighted by Gasteiger charge is -2.29. The Morgan fingerprint density at radius 3 is 2.88 bits per heavy atom. The number of pyridine rings is 1. The van der Waals surface area contributed by atoms with Gasteiger partial charge in [-0.15, -0.1) is 4.28 Å². The van der Waals surface area contributed by atoms with Crippen LogP contribution in [0.4, 0.5) is 4.79 Å². The molecule has 11 heteroatoms. The van der Waals surface area contributed by atoms with E-state index in [0.29, 0.717) is 23.6 Å². The summed E-state index contributed by atoms with van der Waals surface area (Å²) < 4.78 is 34.7. The van der Waals surface area contributed by atoms with Gasteiger partial charge in [-0.3, -0.25) is 14.3 Å². The Balaban J connectivity index is 1.64. The van der Waals surface area contributed by atoms with Gasteiger partial charge >= 0.3 is 16.4 Å². The summed E-state index contributed by atoms with van der Waals surface area (Å²) in [7, 11) is -4.79. The number of fused-ring (bicyclic) bond motifs is 2. The van der Waals surface area contributed by atoms with Crippen LogP contribution >= 0.6 is 0 Å². The summed E-state index contributed by atoms with van der Waals surface area (Å²) in [5.41, 5.74) is 0.684. The maximum atomic E-state index is 12.3. The minimum atomic E-state index is -4.79. The highest BCUT2D eigenvalue weighted by molar-refractivity contribution is 7.80. The average molecular weight is 356 g/mol. The predicted octanol–water partition coefficient (Wildman–Crippen LogP) is -0.299. The van der Waals surface area contributed by atoms with Crippen LogP contribution in [0.15, 0.2) is 24.4 Å². The standard InChI is InChI=1S/C13H16N4O6S/c18-12(15-7-9-3-1-2-6-14-9)11-5-4-10-8-16(11)13(19)17(10)23-24(20,21)22/h1-3,6,10-11H,4-5,7-8H2,(H,15,18)(H,20,21,22)/t10-,11+/m0/s1. The first-order valence-corrected chi connectivity index (χ1v) is 8.66. The van der Waals surface area contributed by atoms with Crippen molar-refractivity contribution in [1.29, 1.82) is 0 Å². The second kappa shape index (κ2) is 6.34. The summed E-state index contributed by atoms with van der Waals surface area (Å²) in [6, 6.07) is 3.34. The van der Waals surface area contributed by atoms with Gasteiger partial charge in [-0.1, -0.05) is 6.07 Å². The summed E-state index contributed by atoms with van der Waals surface area (Å²) in [6.45, 7) is 0.392. The first-order chi connectivity index (χ1) is 11.3.